The zero-order chi connectivity index (χ0) is 16.4. The fourth-order valence-corrected chi connectivity index (χ4v) is 3.92. The molecule has 0 aliphatic heterocycles. The van der Waals surface area contributed by atoms with Gasteiger partial charge in [-0.05, 0) is 25.1 Å². The molecule has 1 aromatic carbocycles. The summed E-state index contributed by atoms with van der Waals surface area (Å²) in [5, 5.41) is 5.82. The SMILES string of the molecule is COc1cccc(Nc2nc(-c3cc(C(=O)S)sc3C)cs2)c1. The van der Waals surface area contributed by atoms with Crippen molar-refractivity contribution in [2.45, 2.75) is 6.92 Å². The lowest BCUT2D eigenvalue weighted by molar-refractivity contribution is 0.109. The van der Waals surface area contributed by atoms with E-state index in [1.165, 1.54) is 22.7 Å². The molecule has 0 fully saturated rings. The minimum Gasteiger partial charge on any atom is -0.497 e. The first kappa shape index (κ1) is 16.0. The molecule has 2 aromatic heterocycles. The Morgan fingerprint density at radius 1 is 1.35 bits per heavy atom. The number of nitrogens with zero attached hydrogens (tertiary/aromatic N) is 1. The third-order valence-electron chi connectivity index (χ3n) is 3.23. The van der Waals surface area contributed by atoms with E-state index in [0.717, 1.165) is 32.7 Å². The molecular weight excluding hydrogens is 348 g/mol. The Kier molecular flexibility index (Phi) is 4.70. The van der Waals surface area contributed by atoms with E-state index in [2.05, 4.69) is 22.9 Å². The predicted molar refractivity (Wildman–Crippen MR) is 99.8 cm³/mol. The van der Waals surface area contributed by atoms with Crippen LogP contribution in [0.5, 0.6) is 5.75 Å². The second-order valence-corrected chi connectivity index (χ2v) is 7.30. The Morgan fingerprint density at radius 2 is 2.17 bits per heavy atom. The molecule has 1 N–H and O–H groups in total. The van der Waals surface area contributed by atoms with Crippen LogP contribution >= 0.6 is 35.3 Å². The average molecular weight is 363 g/mol. The summed E-state index contributed by atoms with van der Waals surface area (Å²) in [5.41, 5.74) is 2.75. The summed E-state index contributed by atoms with van der Waals surface area (Å²) >= 11 is 6.83. The van der Waals surface area contributed by atoms with Crippen LogP contribution in [0.2, 0.25) is 0 Å². The van der Waals surface area contributed by atoms with Crippen LogP contribution in [0.3, 0.4) is 0 Å². The standard InChI is InChI=1S/C16H14N2O2S3/c1-9-12(7-14(23-9)15(19)21)13-8-22-16(18-13)17-10-4-3-5-11(6-10)20-2/h3-8H,1-2H3,(H,17,18)(H,19,21). The molecule has 3 aromatic rings. The fourth-order valence-electron chi connectivity index (χ4n) is 2.12. The van der Waals surface area contributed by atoms with Crippen molar-refractivity contribution in [2.24, 2.45) is 0 Å². The summed E-state index contributed by atoms with van der Waals surface area (Å²) in [5.74, 6) is 0.789. The lowest BCUT2D eigenvalue weighted by Gasteiger charge is -2.04. The number of methoxy groups -OCH3 is 1. The molecule has 7 heteroatoms. The van der Waals surface area contributed by atoms with Crippen molar-refractivity contribution in [1.82, 2.24) is 4.98 Å². The van der Waals surface area contributed by atoms with Crippen LogP contribution < -0.4 is 10.1 Å². The lowest BCUT2D eigenvalue weighted by Crippen LogP contribution is -1.90. The molecular formula is C16H14N2O2S3. The van der Waals surface area contributed by atoms with Crippen LogP contribution in [0.4, 0.5) is 10.8 Å². The summed E-state index contributed by atoms with van der Waals surface area (Å²) in [6.45, 7) is 1.98. The molecule has 0 aliphatic rings. The molecule has 0 radical (unpaired) electrons. The van der Waals surface area contributed by atoms with Crippen molar-refractivity contribution in [3.05, 3.63) is 45.5 Å². The first-order valence-electron chi connectivity index (χ1n) is 6.77. The number of nitrogens with one attached hydrogen (secondary N) is 1. The van der Waals surface area contributed by atoms with E-state index in [1.54, 1.807) is 7.11 Å². The van der Waals surface area contributed by atoms with Gasteiger partial charge in [-0.25, -0.2) is 4.98 Å². The number of benzene rings is 1. The third-order valence-corrected chi connectivity index (χ3v) is 5.43. The highest BCUT2D eigenvalue weighted by Crippen LogP contribution is 2.34. The lowest BCUT2D eigenvalue weighted by atomic mass is 10.2. The predicted octanol–water partition coefficient (Wildman–Crippen LogP) is 5.00. The molecule has 2 heterocycles. The highest BCUT2D eigenvalue weighted by Gasteiger charge is 2.14. The van der Waals surface area contributed by atoms with Crippen molar-refractivity contribution in [3.8, 4) is 17.0 Å². The van der Waals surface area contributed by atoms with Crippen molar-refractivity contribution >= 4 is 51.2 Å². The number of carbonyl (C=O) groups excluding carboxylic acids is 1. The molecule has 3 rings (SSSR count). The molecule has 0 aliphatic carbocycles. The molecule has 0 saturated carbocycles. The number of thiol groups is 1. The van der Waals surface area contributed by atoms with Gasteiger partial charge in [-0.1, -0.05) is 18.7 Å². The largest absolute Gasteiger partial charge is 0.497 e. The Hall–Kier alpha value is -1.83. The van der Waals surface area contributed by atoms with Crippen LogP contribution in [0.25, 0.3) is 11.3 Å². The maximum atomic E-state index is 11.4. The van der Waals surface area contributed by atoms with E-state index in [-0.39, 0.29) is 5.12 Å². The minimum atomic E-state index is -0.214. The molecule has 4 nitrogen and oxygen atoms in total. The Bertz CT molecular complexity index is 855. The molecule has 118 valence electrons. The maximum absolute atomic E-state index is 11.4. The van der Waals surface area contributed by atoms with Gasteiger partial charge in [-0.2, -0.15) is 0 Å². The molecule has 0 unspecified atom stereocenters. The van der Waals surface area contributed by atoms with Gasteiger partial charge in [-0.3, -0.25) is 4.79 Å². The quantitative estimate of drug-likeness (QED) is 0.627. The van der Waals surface area contributed by atoms with Gasteiger partial charge < -0.3 is 10.1 Å². The van der Waals surface area contributed by atoms with Gasteiger partial charge in [0, 0.05) is 27.6 Å². The number of thiophene rings is 1. The first-order chi connectivity index (χ1) is 11.1. The minimum absolute atomic E-state index is 0.214. The number of aromatic nitrogens is 1. The summed E-state index contributed by atoms with van der Waals surface area (Å²) in [4.78, 5) is 17.7. The summed E-state index contributed by atoms with van der Waals surface area (Å²) < 4.78 is 5.21. The highest BCUT2D eigenvalue weighted by molar-refractivity contribution is 7.97. The van der Waals surface area contributed by atoms with Gasteiger partial charge in [0.05, 0.1) is 17.7 Å². The van der Waals surface area contributed by atoms with Gasteiger partial charge >= 0.3 is 0 Å². The average Bonchev–Trinajstić information content (AvgIpc) is 3.14. The Morgan fingerprint density at radius 3 is 2.87 bits per heavy atom. The number of ether oxygens (including phenoxy) is 1. The number of hydrogen-bond donors (Lipinski definition) is 2. The normalized spacial score (nSPS) is 10.6. The Labute approximate surface area is 147 Å². The van der Waals surface area contributed by atoms with Crippen molar-refractivity contribution < 1.29 is 9.53 Å². The molecule has 0 spiro atoms. The fraction of sp³-hybridized carbons (Fsp3) is 0.125. The topological polar surface area (TPSA) is 51.2 Å². The van der Waals surface area contributed by atoms with Gasteiger partial charge in [0.25, 0.3) is 0 Å². The van der Waals surface area contributed by atoms with E-state index in [4.69, 9.17) is 4.74 Å². The second kappa shape index (κ2) is 6.74. The summed E-state index contributed by atoms with van der Waals surface area (Å²) in [6.07, 6.45) is 0. The molecule has 0 amide bonds. The van der Waals surface area contributed by atoms with Gasteiger partial charge in [0.1, 0.15) is 5.75 Å². The molecule has 23 heavy (non-hydrogen) atoms. The van der Waals surface area contributed by atoms with E-state index in [9.17, 15) is 4.79 Å². The van der Waals surface area contributed by atoms with Crippen molar-refractivity contribution in [3.63, 3.8) is 0 Å². The van der Waals surface area contributed by atoms with E-state index in [1.807, 2.05) is 42.6 Å². The van der Waals surface area contributed by atoms with E-state index < -0.39 is 0 Å². The van der Waals surface area contributed by atoms with E-state index >= 15 is 0 Å². The van der Waals surface area contributed by atoms with Gasteiger partial charge in [0.15, 0.2) is 5.13 Å². The first-order valence-corrected chi connectivity index (χ1v) is 8.92. The van der Waals surface area contributed by atoms with Gasteiger partial charge in [-0.15, -0.1) is 22.7 Å². The van der Waals surface area contributed by atoms with Crippen molar-refractivity contribution in [2.75, 3.05) is 12.4 Å². The van der Waals surface area contributed by atoms with Crippen LogP contribution in [0, 0.1) is 6.92 Å². The molecule has 0 saturated heterocycles. The number of thiazole rings is 1. The Balaban J connectivity index is 1.84. The third kappa shape index (κ3) is 3.57. The van der Waals surface area contributed by atoms with Crippen molar-refractivity contribution in [1.29, 1.82) is 0 Å². The number of hydrogen-bond acceptors (Lipinski definition) is 6. The zero-order valence-corrected chi connectivity index (χ0v) is 15.0. The van der Waals surface area contributed by atoms with Crippen LogP contribution in [-0.2, 0) is 0 Å². The number of anilines is 2. The smallest absolute Gasteiger partial charge is 0.226 e. The summed E-state index contributed by atoms with van der Waals surface area (Å²) in [6, 6.07) is 9.53. The summed E-state index contributed by atoms with van der Waals surface area (Å²) in [7, 11) is 1.64. The second-order valence-electron chi connectivity index (χ2n) is 4.78. The maximum Gasteiger partial charge on any atom is 0.226 e. The van der Waals surface area contributed by atoms with E-state index in [0.29, 0.717) is 4.88 Å². The van der Waals surface area contributed by atoms with Gasteiger partial charge in [0.2, 0.25) is 5.12 Å². The number of carbonyl (C=O) groups is 1. The molecule has 0 atom stereocenters. The number of rotatable bonds is 5. The monoisotopic (exact) mass is 362 g/mol. The highest BCUT2D eigenvalue weighted by atomic mass is 32.1. The molecule has 0 bridgehead atoms. The van der Waals surface area contributed by atoms with Crippen LogP contribution in [0.15, 0.2) is 35.7 Å². The zero-order valence-electron chi connectivity index (χ0n) is 12.5. The van der Waals surface area contributed by atoms with Crippen LogP contribution in [-0.4, -0.2) is 17.2 Å². The van der Waals surface area contributed by atoms with Crippen LogP contribution in [0.1, 0.15) is 14.5 Å². The number of aryl methyl sites for hydroxylation is 1.